The summed E-state index contributed by atoms with van der Waals surface area (Å²) in [6.45, 7) is 9.84. The monoisotopic (exact) mass is 294 g/mol. The van der Waals surface area contributed by atoms with Gasteiger partial charge in [0.25, 0.3) is 5.91 Å². The van der Waals surface area contributed by atoms with Gasteiger partial charge in [-0.3, -0.25) is 9.69 Å². The third-order valence-electron chi connectivity index (χ3n) is 3.43. The van der Waals surface area contributed by atoms with E-state index in [-0.39, 0.29) is 17.2 Å². The number of hydrogen-bond donors (Lipinski definition) is 2. The van der Waals surface area contributed by atoms with Gasteiger partial charge in [0, 0.05) is 25.2 Å². The Labute approximate surface area is 126 Å². The standard InChI is InChI=1S/C16H26N2O3/c1-11(2)18(12(3)4)9-8-17-16(20)14-10-13(21-5)6-7-15(14)19/h6-7,10-12,19H,8-9H2,1-5H3,(H,17,20). The van der Waals surface area contributed by atoms with Gasteiger partial charge in [0.1, 0.15) is 11.5 Å². The highest BCUT2D eigenvalue weighted by atomic mass is 16.5. The number of methoxy groups -OCH3 is 1. The average molecular weight is 294 g/mol. The molecule has 0 bridgehead atoms. The fraction of sp³-hybridized carbons (Fsp3) is 0.562. The summed E-state index contributed by atoms with van der Waals surface area (Å²) in [5.41, 5.74) is 0.231. The number of nitrogens with one attached hydrogen (secondary N) is 1. The van der Waals surface area contributed by atoms with E-state index in [1.165, 1.54) is 19.2 Å². The van der Waals surface area contributed by atoms with Crippen LogP contribution in [0.25, 0.3) is 0 Å². The number of phenolic OH excluding ortho intramolecular Hbond substituents is 1. The molecule has 0 heterocycles. The second-order valence-corrected chi connectivity index (χ2v) is 5.56. The summed E-state index contributed by atoms with van der Waals surface area (Å²) < 4.78 is 5.07. The van der Waals surface area contributed by atoms with Crippen molar-refractivity contribution in [1.29, 1.82) is 0 Å². The fourth-order valence-electron chi connectivity index (χ4n) is 2.33. The molecule has 0 spiro atoms. The van der Waals surface area contributed by atoms with Gasteiger partial charge in [-0.05, 0) is 45.9 Å². The van der Waals surface area contributed by atoms with Gasteiger partial charge in [-0.25, -0.2) is 0 Å². The molecular weight excluding hydrogens is 268 g/mol. The Kier molecular flexibility index (Phi) is 6.49. The smallest absolute Gasteiger partial charge is 0.255 e. The van der Waals surface area contributed by atoms with Crippen LogP contribution < -0.4 is 10.1 Å². The van der Waals surface area contributed by atoms with E-state index < -0.39 is 0 Å². The van der Waals surface area contributed by atoms with E-state index in [0.29, 0.717) is 24.4 Å². The average Bonchev–Trinajstić information content (AvgIpc) is 2.43. The number of carbonyl (C=O) groups is 1. The number of rotatable bonds is 7. The van der Waals surface area contributed by atoms with Gasteiger partial charge < -0.3 is 15.2 Å². The summed E-state index contributed by atoms with van der Waals surface area (Å²) in [6, 6.07) is 5.46. The minimum Gasteiger partial charge on any atom is -0.507 e. The third-order valence-corrected chi connectivity index (χ3v) is 3.43. The van der Waals surface area contributed by atoms with Crippen molar-refractivity contribution in [2.45, 2.75) is 39.8 Å². The van der Waals surface area contributed by atoms with Crippen LogP contribution in [0.2, 0.25) is 0 Å². The molecule has 0 unspecified atom stereocenters. The van der Waals surface area contributed by atoms with Crippen LogP contribution in [0, 0.1) is 0 Å². The van der Waals surface area contributed by atoms with E-state index in [1.807, 2.05) is 0 Å². The largest absolute Gasteiger partial charge is 0.507 e. The van der Waals surface area contributed by atoms with Gasteiger partial charge in [-0.15, -0.1) is 0 Å². The van der Waals surface area contributed by atoms with Crippen LogP contribution in [0.3, 0.4) is 0 Å². The second-order valence-electron chi connectivity index (χ2n) is 5.56. The molecule has 0 radical (unpaired) electrons. The number of phenols is 1. The maximum atomic E-state index is 12.1. The molecule has 0 aliphatic rings. The highest BCUT2D eigenvalue weighted by Gasteiger charge is 2.15. The molecule has 2 N–H and O–H groups in total. The summed E-state index contributed by atoms with van der Waals surface area (Å²) in [4.78, 5) is 14.4. The number of benzene rings is 1. The minimum absolute atomic E-state index is 0.0436. The Morgan fingerprint density at radius 3 is 2.43 bits per heavy atom. The number of nitrogens with zero attached hydrogens (tertiary/aromatic N) is 1. The molecule has 0 atom stereocenters. The Morgan fingerprint density at radius 2 is 1.90 bits per heavy atom. The molecule has 0 saturated carbocycles. The zero-order valence-electron chi connectivity index (χ0n) is 13.5. The molecule has 1 amide bonds. The molecule has 0 aromatic heterocycles. The number of carbonyl (C=O) groups excluding carboxylic acids is 1. The van der Waals surface area contributed by atoms with Crippen molar-refractivity contribution in [3.05, 3.63) is 23.8 Å². The lowest BCUT2D eigenvalue weighted by molar-refractivity contribution is 0.0936. The van der Waals surface area contributed by atoms with Crippen molar-refractivity contribution < 1.29 is 14.6 Å². The summed E-state index contributed by atoms with van der Waals surface area (Å²) in [7, 11) is 1.53. The molecule has 1 rings (SSSR count). The minimum atomic E-state index is -0.293. The Hall–Kier alpha value is -1.75. The SMILES string of the molecule is COc1ccc(O)c(C(=O)NCCN(C(C)C)C(C)C)c1. The molecule has 1 aromatic carbocycles. The predicted octanol–water partition coefficient (Wildman–Crippen LogP) is 2.25. The Bertz CT molecular complexity index is 465. The van der Waals surface area contributed by atoms with Crippen molar-refractivity contribution >= 4 is 5.91 Å². The van der Waals surface area contributed by atoms with Crippen molar-refractivity contribution in [3.63, 3.8) is 0 Å². The molecular formula is C16H26N2O3. The van der Waals surface area contributed by atoms with E-state index in [1.54, 1.807) is 6.07 Å². The predicted molar refractivity (Wildman–Crippen MR) is 84.0 cm³/mol. The first-order valence-electron chi connectivity index (χ1n) is 7.27. The maximum Gasteiger partial charge on any atom is 0.255 e. The molecule has 0 aliphatic carbocycles. The quantitative estimate of drug-likeness (QED) is 0.809. The first-order chi connectivity index (χ1) is 9.86. The van der Waals surface area contributed by atoms with Crippen molar-refractivity contribution in [3.8, 4) is 11.5 Å². The topological polar surface area (TPSA) is 61.8 Å². The molecule has 0 fully saturated rings. The number of hydrogen-bond acceptors (Lipinski definition) is 4. The fourth-order valence-corrected chi connectivity index (χ4v) is 2.33. The van der Waals surface area contributed by atoms with E-state index >= 15 is 0 Å². The normalized spacial score (nSPS) is 11.2. The molecule has 0 saturated heterocycles. The molecule has 5 heteroatoms. The summed E-state index contributed by atoms with van der Waals surface area (Å²) in [6.07, 6.45) is 0. The third kappa shape index (κ3) is 4.93. The maximum absolute atomic E-state index is 12.1. The lowest BCUT2D eigenvalue weighted by atomic mass is 10.1. The number of amides is 1. The molecule has 21 heavy (non-hydrogen) atoms. The number of aromatic hydroxyl groups is 1. The lowest BCUT2D eigenvalue weighted by Crippen LogP contribution is -2.42. The highest BCUT2D eigenvalue weighted by Crippen LogP contribution is 2.22. The van der Waals surface area contributed by atoms with Crippen molar-refractivity contribution in [1.82, 2.24) is 10.2 Å². The van der Waals surface area contributed by atoms with Gasteiger partial charge in [0.2, 0.25) is 0 Å². The second kappa shape index (κ2) is 7.88. The van der Waals surface area contributed by atoms with Crippen LogP contribution in [-0.2, 0) is 0 Å². The Balaban J connectivity index is 2.62. The van der Waals surface area contributed by atoms with Gasteiger partial charge in [-0.2, -0.15) is 0 Å². The summed E-state index contributed by atoms with van der Waals surface area (Å²) in [5, 5.41) is 12.6. The summed E-state index contributed by atoms with van der Waals surface area (Å²) in [5.74, 6) is 0.209. The van der Waals surface area contributed by atoms with Crippen LogP contribution in [-0.4, -0.2) is 48.2 Å². The molecule has 5 nitrogen and oxygen atoms in total. The van der Waals surface area contributed by atoms with Crippen LogP contribution in [0.5, 0.6) is 11.5 Å². The molecule has 0 aliphatic heterocycles. The van der Waals surface area contributed by atoms with Crippen LogP contribution in [0.1, 0.15) is 38.1 Å². The van der Waals surface area contributed by atoms with Gasteiger partial charge in [0.15, 0.2) is 0 Å². The van der Waals surface area contributed by atoms with Gasteiger partial charge >= 0.3 is 0 Å². The van der Waals surface area contributed by atoms with E-state index in [9.17, 15) is 9.90 Å². The van der Waals surface area contributed by atoms with Gasteiger partial charge in [0.05, 0.1) is 12.7 Å². The van der Waals surface area contributed by atoms with E-state index in [4.69, 9.17) is 4.74 Å². The molecule has 118 valence electrons. The van der Waals surface area contributed by atoms with Crippen LogP contribution >= 0.6 is 0 Å². The lowest BCUT2D eigenvalue weighted by Gasteiger charge is -2.30. The first-order valence-corrected chi connectivity index (χ1v) is 7.27. The molecule has 1 aromatic rings. The van der Waals surface area contributed by atoms with Crippen LogP contribution in [0.15, 0.2) is 18.2 Å². The Morgan fingerprint density at radius 1 is 1.29 bits per heavy atom. The first kappa shape index (κ1) is 17.3. The highest BCUT2D eigenvalue weighted by molar-refractivity contribution is 5.97. The van der Waals surface area contributed by atoms with Crippen molar-refractivity contribution in [2.75, 3.05) is 20.2 Å². The van der Waals surface area contributed by atoms with Crippen LogP contribution in [0.4, 0.5) is 0 Å². The summed E-state index contributed by atoms with van der Waals surface area (Å²) >= 11 is 0. The van der Waals surface area contributed by atoms with Gasteiger partial charge in [-0.1, -0.05) is 0 Å². The zero-order chi connectivity index (χ0) is 16.0. The number of ether oxygens (including phenoxy) is 1. The van der Waals surface area contributed by atoms with Crippen molar-refractivity contribution in [2.24, 2.45) is 0 Å². The van der Waals surface area contributed by atoms with E-state index in [2.05, 4.69) is 37.9 Å². The van der Waals surface area contributed by atoms with E-state index in [0.717, 1.165) is 6.54 Å². The zero-order valence-corrected chi connectivity index (χ0v) is 13.5.